The second-order valence-corrected chi connectivity index (χ2v) is 3.01. The molecule has 0 radical (unpaired) electrons. The van der Waals surface area contributed by atoms with Gasteiger partial charge in [0, 0.05) is 19.4 Å². The molecule has 0 bridgehead atoms. The van der Waals surface area contributed by atoms with Crippen LogP contribution in [0, 0.1) is 0 Å². The van der Waals surface area contributed by atoms with Crippen LogP contribution < -0.4 is 5.73 Å². The predicted molar refractivity (Wildman–Crippen MR) is 51.3 cm³/mol. The Balaban J connectivity index is 2.34. The van der Waals surface area contributed by atoms with E-state index in [-0.39, 0.29) is 6.04 Å². The largest absolute Gasteiger partial charge is 0.318 e. The SMILES string of the molecule is Cn1ncnc1C(N)c1cccnc1. The van der Waals surface area contributed by atoms with Crippen LogP contribution in [0.25, 0.3) is 0 Å². The van der Waals surface area contributed by atoms with Crippen LogP contribution in [0.4, 0.5) is 0 Å². The molecule has 0 aliphatic carbocycles. The third-order valence-corrected chi connectivity index (χ3v) is 2.07. The van der Waals surface area contributed by atoms with E-state index in [1.807, 2.05) is 19.2 Å². The Morgan fingerprint density at radius 2 is 2.36 bits per heavy atom. The van der Waals surface area contributed by atoms with Gasteiger partial charge in [-0.1, -0.05) is 6.07 Å². The Morgan fingerprint density at radius 1 is 1.50 bits per heavy atom. The smallest absolute Gasteiger partial charge is 0.148 e. The molecular formula is C9H11N5. The van der Waals surface area contributed by atoms with Crippen molar-refractivity contribution in [1.29, 1.82) is 0 Å². The van der Waals surface area contributed by atoms with Crippen molar-refractivity contribution in [2.45, 2.75) is 6.04 Å². The van der Waals surface area contributed by atoms with Gasteiger partial charge in [0.2, 0.25) is 0 Å². The number of nitrogens with zero attached hydrogens (tertiary/aromatic N) is 4. The van der Waals surface area contributed by atoms with Crippen LogP contribution >= 0.6 is 0 Å². The number of aryl methyl sites for hydroxylation is 1. The fourth-order valence-electron chi connectivity index (χ4n) is 1.30. The van der Waals surface area contributed by atoms with E-state index in [2.05, 4.69) is 15.1 Å². The topological polar surface area (TPSA) is 69.6 Å². The predicted octanol–water partition coefficient (Wildman–Crippen LogP) is 0.258. The molecule has 2 aromatic heterocycles. The zero-order chi connectivity index (χ0) is 9.97. The molecule has 0 aliphatic heterocycles. The quantitative estimate of drug-likeness (QED) is 0.735. The molecule has 0 saturated carbocycles. The Morgan fingerprint density at radius 3 is 2.93 bits per heavy atom. The van der Waals surface area contributed by atoms with Gasteiger partial charge in [0.1, 0.15) is 12.2 Å². The number of nitrogens with two attached hydrogens (primary N) is 1. The lowest BCUT2D eigenvalue weighted by molar-refractivity contribution is 0.658. The second kappa shape index (κ2) is 3.55. The molecule has 0 aliphatic rings. The highest BCUT2D eigenvalue weighted by molar-refractivity contribution is 5.20. The molecule has 0 saturated heterocycles. The zero-order valence-corrected chi connectivity index (χ0v) is 7.83. The first-order valence-electron chi connectivity index (χ1n) is 4.28. The zero-order valence-electron chi connectivity index (χ0n) is 7.83. The summed E-state index contributed by atoms with van der Waals surface area (Å²) in [6, 6.07) is 3.51. The summed E-state index contributed by atoms with van der Waals surface area (Å²) >= 11 is 0. The van der Waals surface area contributed by atoms with Gasteiger partial charge in [-0.15, -0.1) is 0 Å². The number of hydrogen-bond donors (Lipinski definition) is 1. The molecule has 5 heteroatoms. The molecule has 72 valence electrons. The van der Waals surface area contributed by atoms with E-state index in [0.717, 1.165) is 11.4 Å². The third kappa shape index (κ3) is 1.49. The van der Waals surface area contributed by atoms with Crippen LogP contribution in [0.15, 0.2) is 30.9 Å². The Kier molecular flexibility index (Phi) is 2.24. The van der Waals surface area contributed by atoms with E-state index in [1.165, 1.54) is 6.33 Å². The van der Waals surface area contributed by atoms with Gasteiger partial charge in [0.25, 0.3) is 0 Å². The molecule has 5 nitrogen and oxygen atoms in total. The van der Waals surface area contributed by atoms with Crippen molar-refractivity contribution in [3.63, 3.8) is 0 Å². The van der Waals surface area contributed by atoms with Gasteiger partial charge in [0.05, 0.1) is 6.04 Å². The van der Waals surface area contributed by atoms with Crippen LogP contribution in [-0.2, 0) is 7.05 Å². The minimum absolute atomic E-state index is 0.267. The first kappa shape index (κ1) is 8.83. The summed E-state index contributed by atoms with van der Waals surface area (Å²) in [6.45, 7) is 0. The van der Waals surface area contributed by atoms with Crippen LogP contribution in [-0.4, -0.2) is 19.7 Å². The molecule has 14 heavy (non-hydrogen) atoms. The first-order chi connectivity index (χ1) is 6.79. The minimum atomic E-state index is -0.267. The third-order valence-electron chi connectivity index (χ3n) is 2.07. The number of hydrogen-bond acceptors (Lipinski definition) is 4. The maximum atomic E-state index is 6.00. The summed E-state index contributed by atoms with van der Waals surface area (Å²) < 4.78 is 1.66. The van der Waals surface area contributed by atoms with Gasteiger partial charge < -0.3 is 5.73 Å². The Bertz CT molecular complexity index is 408. The van der Waals surface area contributed by atoms with Crippen LogP contribution in [0.2, 0.25) is 0 Å². The van der Waals surface area contributed by atoms with Crippen LogP contribution in [0.1, 0.15) is 17.4 Å². The molecule has 0 amide bonds. The van der Waals surface area contributed by atoms with Gasteiger partial charge in [-0.3, -0.25) is 9.67 Å². The lowest BCUT2D eigenvalue weighted by Gasteiger charge is -2.09. The molecule has 0 aromatic carbocycles. The fourth-order valence-corrected chi connectivity index (χ4v) is 1.30. The minimum Gasteiger partial charge on any atom is -0.318 e. The maximum absolute atomic E-state index is 6.00. The highest BCUT2D eigenvalue weighted by Gasteiger charge is 2.13. The van der Waals surface area contributed by atoms with Gasteiger partial charge in [0.15, 0.2) is 0 Å². The molecule has 2 rings (SSSR count). The lowest BCUT2D eigenvalue weighted by Crippen LogP contribution is -2.17. The van der Waals surface area contributed by atoms with E-state index < -0.39 is 0 Å². The monoisotopic (exact) mass is 189 g/mol. The number of rotatable bonds is 2. The maximum Gasteiger partial charge on any atom is 0.148 e. The molecule has 2 heterocycles. The van der Waals surface area contributed by atoms with Crippen molar-refractivity contribution in [3.8, 4) is 0 Å². The van der Waals surface area contributed by atoms with Crippen LogP contribution in [0.3, 0.4) is 0 Å². The molecule has 2 aromatic rings. The lowest BCUT2D eigenvalue weighted by atomic mass is 10.1. The van der Waals surface area contributed by atoms with Crippen molar-refractivity contribution in [3.05, 3.63) is 42.2 Å². The number of pyridine rings is 1. The van der Waals surface area contributed by atoms with Gasteiger partial charge in [-0.05, 0) is 11.6 Å². The van der Waals surface area contributed by atoms with Crippen molar-refractivity contribution >= 4 is 0 Å². The molecule has 1 unspecified atom stereocenters. The Hall–Kier alpha value is -1.75. The molecule has 2 N–H and O–H groups in total. The summed E-state index contributed by atoms with van der Waals surface area (Å²) in [4.78, 5) is 8.10. The summed E-state index contributed by atoms with van der Waals surface area (Å²) in [5, 5.41) is 3.97. The fraction of sp³-hybridized carbons (Fsp3) is 0.222. The van der Waals surface area contributed by atoms with Crippen molar-refractivity contribution in [2.75, 3.05) is 0 Å². The molecule has 0 spiro atoms. The van der Waals surface area contributed by atoms with Gasteiger partial charge in [-0.25, -0.2) is 4.98 Å². The summed E-state index contributed by atoms with van der Waals surface area (Å²) in [5.41, 5.74) is 6.93. The summed E-state index contributed by atoms with van der Waals surface area (Å²) in [7, 11) is 1.82. The Labute approximate surface area is 81.6 Å². The van der Waals surface area contributed by atoms with Crippen molar-refractivity contribution in [1.82, 2.24) is 19.7 Å². The highest BCUT2D eigenvalue weighted by Crippen LogP contribution is 2.14. The van der Waals surface area contributed by atoms with E-state index >= 15 is 0 Å². The van der Waals surface area contributed by atoms with Gasteiger partial charge >= 0.3 is 0 Å². The standard InChI is InChI=1S/C9H11N5/c1-14-9(12-6-13-14)8(10)7-3-2-4-11-5-7/h2-6,8H,10H2,1H3. The summed E-state index contributed by atoms with van der Waals surface area (Å²) in [6.07, 6.45) is 4.94. The van der Waals surface area contributed by atoms with E-state index in [4.69, 9.17) is 5.73 Å². The van der Waals surface area contributed by atoms with E-state index in [0.29, 0.717) is 0 Å². The van der Waals surface area contributed by atoms with Crippen molar-refractivity contribution < 1.29 is 0 Å². The van der Waals surface area contributed by atoms with Gasteiger partial charge in [-0.2, -0.15) is 5.10 Å². The van der Waals surface area contributed by atoms with Crippen molar-refractivity contribution in [2.24, 2.45) is 12.8 Å². The van der Waals surface area contributed by atoms with Crippen LogP contribution in [0.5, 0.6) is 0 Å². The average Bonchev–Trinajstić information content (AvgIpc) is 2.65. The number of aromatic nitrogens is 4. The first-order valence-corrected chi connectivity index (χ1v) is 4.28. The summed E-state index contributed by atoms with van der Waals surface area (Å²) in [5.74, 6) is 0.734. The second-order valence-electron chi connectivity index (χ2n) is 3.01. The van der Waals surface area contributed by atoms with E-state index in [9.17, 15) is 0 Å². The van der Waals surface area contributed by atoms with E-state index in [1.54, 1.807) is 17.1 Å². The average molecular weight is 189 g/mol. The normalized spacial score (nSPS) is 12.7. The highest BCUT2D eigenvalue weighted by atomic mass is 15.3. The molecule has 1 atom stereocenters. The molecule has 0 fully saturated rings. The molecular weight excluding hydrogens is 178 g/mol.